The Balaban J connectivity index is 1.49. The molecule has 1 aromatic heterocycles. The molecule has 1 fully saturated rings. The molecule has 0 N–H and O–H groups in total. The number of carbonyl (C=O) groups is 3. The molecule has 2 aliphatic rings. The molecule has 0 unspecified atom stereocenters. The molecular weight excluding hydrogens is 652 g/mol. The van der Waals surface area contributed by atoms with Crippen LogP contribution in [0.5, 0.6) is 28.7 Å². The Hall–Kier alpha value is -4.80. The van der Waals surface area contributed by atoms with E-state index in [9.17, 15) is 14.4 Å². The van der Waals surface area contributed by atoms with Crippen LogP contribution in [0.1, 0.15) is 91.1 Å². The number of carbonyl (C=O) groups excluding carboxylic acids is 3. The molecule has 2 aromatic carbocycles. The molecule has 5 rings (SSSR count). The standard InChI is InChI=1S/C40H50N2O9/c1-7-18-49-32-23-30-29(36(25(32)3)50-19-8-2)15-14-27(20-26-12-11-16-41-24-26)37(30)51-40(45)31-13-9-10-17-42(31)39(44)35(43)28-21-33(46-4)38(48-6)34(22-28)47-5/h11-12,16,21-24,27,31,37H,7-10,13-15,17-20H2,1-6H3/t27-,31+,37+/m1/s1. The molecule has 1 aliphatic heterocycles. The molecule has 1 amide bonds. The SMILES string of the molecule is CCCOc1cc2c(c(OCCC)c1C)CC[C@H](Cc1cccnc1)[C@@H]2OC(=O)[C@@H]1CCCCN1C(=O)C(=O)c1cc(OC)c(OC)c(OC)c1. The first kappa shape index (κ1) is 37.5. The van der Waals surface area contributed by atoms with E-state index < -0.39 is 29.8 Å². The third kappa shape index (κ3) is 8.24. The van der Waals surface area contributed by atoms with Gasteiger partial charge >= 0.3 is 5.97 Å². The number of methoxy groups -OCH3 is 3. The summed E-state index contributed by atoms with van der Waals surface area (Å²) >= 11 is 0. The van der Waals surface area contributed by atoms with Crippen LogP contribution in [0.4, 0.5) is 0 Å². The minimum Gasteiger partial charge on any atom is -0.493 e. The molecule has 1 aliphatic carbocycles. The smallest absolute Gasteiger partial charge is 0.329 e. The highest BCUT2D eigenvalue weighted by Gasteiger charge is 2.41. The number of ketones is 1. The predicted molar refractivity (Wildman–Crippen MR) is 191 cm³/mol. The van der Waals surface area contributed by atoms with Gasteiger partial charge in [0.2, 0.25) is 5.75 Å². The summed E-state index contributed by atoms with van der Waals surface area (Å²) in [5.74, 6) is 0.111. The van der Waals surface area contributed by atoms with Crippen LogP contribution in [0.25, 0.3) is 0 Å². The number of pyridine rings is 1. The van der Waals surface area contributed by atoms with Crippen molar-refractivity contribution in [3.8, 4) is 28.7 Å². The van der Waals surface area contributed by atoms with Gasteiger partial charge in [0.05, 0.1) is 34.5 Å². The quantitative estimate of drug-likeness (QED) is 0.0967. The van der Waals surface area contributed by atoms with Gasteiger partial charge < -0.3 is 33.3 Å². The van der Waals surface area contributed by atoms with Crippen molar-refractivity contribution in [3.05, 3.63) is 70.5 Å². The topological polar surface area (TPSA) is 123 Å². The highest BCUT2D eigenvalue weighted by Crippen LogP contribution is 2.47. The van der Waals surface area contributed by atoms with E-state index in [1.54, 1.807) is 6.20 Å². The molecule has 0 radical (unpaired) electrons. The van der Waals surface area contributed by atoms with Crippen LogP contribution in [-0.4, -0.2) is 74.7 Å². The molecular formula is C40H50N2O9. The molecule has 274 valence electrons. The summed E-state index contributed by atoms with van der Waals surface area (Å²) in [5, 5.41) is 0. The number of esters is 1. The molecule has 0 saturated carbocycles. The van der Waals surface area contributed by atoms with Gasteiger partial charge in [-0.25, -0.2) is 4.79 Å². The molecule has 2 heterocycles. The minimum absolute atomic E-state index is 0.0690. The lowest BCUT2D eigenvalue weighted by atomic mass is 9.77. The van der Waals surface area contributed by atoms with Crippen molar-refractivity contribution in [2.75, 3.05) is 41.1 Å². The highest BCUT2D eigenvalue weighted by molar-refractivity contribution is 6.43. The fourth-order valence-electron chi connectivity index (χ4n) is 7.09. The largest absolute Gasteiger partial charge is 0.493 e. The van der Waals surface area contributed by atoms with Crippen LogP contribution in [0.2, 0.25) is 0 Å². The van der Waals surface area contributed by atoms with E-state index in [4.69, 9.17) is 28.4 Å². The van der Waals surface area contributed by atoms with Gasteiger partial charge in [0.1, 0.15) is 23.6 Å². The fourth-order valence-corrected chi connectivity index (χ4v) is 7.09. The zero-order chi connectivity index (χ0) is 36.5. The fraction of sp³-hybridized carbons (Fsp3) is 0.500. The second-order valence-corrected chi connectivity index (χ2v) is 13.1. The lowest BCUT2D eigenvalue weighted by Gasteiger charge is -2.38. The number of amides is 1. The molecule has 11 nitrogen and oxygen atoms in total. The number of piperidine rings is 1. The number of Topliss-reactive ketones (excluding diaryl/α,β-unsaturated/α-hetero) is 1. The van der Waals surface area contributed by atoms with Crippen LogP contribution in [-0.2, 0) is 27.2 Å². The number of benzene rings is 2. The molecule has 3 aromatic rings. The van der Waals surface area contributed by atoms with Gasteiger partial charge in [-0.05, 0) is 88.1 Å². The number of likely N-dealkylation sites (tertiary alicyclic amines) is 1. The van der Waals surface area contributed by atoms with Crippen molar-refractivity contribution in [3.63, 3.8) is 0 Å². The zero-order valence-electron chi connectivity index (χ0n) is 30.6. The number of hydrogen-bond donors (Lipinski definition) is 0. The Bertz CT molecular complexity index is 1670. The second kappa shape index (κ2) is 17.4. The normalized spacial score (nSPS) is 18.3. The summed E-state index contributed by atoms with van der Waals surface area (Å²) in [4.78, 5) is 47.6. The lowest BCUT2D eigenvalue weighted by molar-refractivity contribution is -0.163. The van der Waals surface area contributed by atoms with Gasteiger partial charge in [-0.15, -0.1) is 0 Å². The molecule has 51 heavy (non-hydrogen) atoms. The monoisotopic (exact) mass is 702 g/mol. The molecule has 1 saturated heterocycles. The van der Waals surface area contributed by atoms with Crippen LogP contribution in [0.3, 0.4) is 0 Å². The Labute approximate surface area is 300 Å². The average molecular weight is 703 g/mol. The Morgan fingerprint density at radius 3 is 2.25 bits per heavy atom. The predicted octanol–water partition coefficient (Wildman–Crippen LogP) is 6.65. The van der Waals surface area contributed by atoms with E-state index >= 15 is 0 Å². The first-order chi connectivity index (χ1) is 24.8. The summed E-state index contributed by atoms with van der Waals surface area (Å²) in [6, 6.07) is 7.89. The van der Waals surface area contributed by atoms with E-state index in [1.807, 2.05) is 31.3 Å². The first-order valence-electron chi connectivity index (χ1n) is 17.9. The molecule has 11 heteroatoms. The minimum atomic E-state index is -0.932. The summed E-state index contributed by atoms with van der Waals surface area (Å²) in [5.41, 5.74) is 3.91. The molecule has 0 spiro atoms. The van der Waals surface area contributed by atoms with Crippen molar-refractivity contribution in [1.29, 1.82) is 0 Å². The van der Waals surface area contributed by atoms with E-state index in [-0.39, 0.29) is 29.5 Å². The number of hydrogen-bond acceptors (Lipinski definition) is 10. The van der Waals surface area contributed by atoms with Crippen LogP contribution in [0, 0.1) is 12.8 Å². The number of fused-ring (bicyclic) bond motifs is 1. The molecule has 0 bridgehead atoms. The molecule has 3 atom stereocenters. The number of nitrogens with zero attached hydrogens (tertiary/aromatic N) is 2. The van der Waals surface area contributed by atoms with Gasteiger partial charge in [0, 0.05) is 47.1 Å². The summed E-state index contributed by atoms with van der Waals surface area (Å²) < 4.78 is 35.3. The van der Waals surface area contributed by atoms with E-state index in [0.29, 0.717) is 50.4 Å². The van der Waals surface area contributed by atoms with E-state index in [0.717, 1.165) is 53.7 Å². The maximum atomic E-state index is 14.4. The Kier molecular flexibility index (Phi) is 12.8. The second-order valence-electron chi connectivity index (χ2n) is 13.1. The zero-order valence-corrected chi connectivity index (χ0v) is 30.6. The third-order valence-corrected chi connectivity index (χ3v) is 9.65. The van der Waals surface area contributed by atoms with Crippen molar-refractivity contribution >= 4 is 17.7 Å². The maximum Gasteiger partial charge on any atom is 0.329 e. The van der Waals surface area contributed by atoms with Crippen LogP contribution >= 0.6 is 0 Å². The number of rotatable bonds is 15. The Morgan fingerprint density at radius 2 is 1.61 bits per heavy atom. The highest BCUT2D eigenvalue weighted by atomic mass is 16.5. The van der Waals surface area contributed by atoms with Crippen molar-refractivity contribution in [1.82, 2.24) is 9.88 Å². The van der Waals surface area contributed by atoms with Crippen LogP contribution < -0.4 is 23.7 Å². The third-order valence-electron chi connectivity index (χ3n) is 9.65. The average Bonchev–Trinajstić information content (AvgIpc) is 3.16. The Morgan fingerprint density at radius 1 is 0.882 bits per heavy atom. The van der Waals surface area contributed by atoms with Gasteiger partial charge in [0.15, 0.2) is 11.5 Å². The van der Waals surface area contributed by atoms with Crippen molar-refractivity contribution in [2.45, 2.75) is 84.3 Å². The maximum absolute atomic E-state index is 14.4. The van der Waals surface area contributed by atoms with Gasteiger partial charge in [-0.2, -0.15) is 0 Å². The summed E-state index contributed by atoms with van der Waals surface area (Å²) in [7, 11) is 4.34. The first-order valence-corrected chi connectivity index (χ1v) is 17.9. The van der Waals surface area contributed by atoms with Crippen LogP contribution in [0.15, 0.2) is 42.7 Å². The van der Waals surface area contributed by atoms with E-state index in [1.165, 1.54) is 38.4 Å². The number of ether oxygens (including phenoxy) is 6. The summed E-state index contributed by atoms with van der Waals surface area (Å²) in [6.45, 7) is 7.47. The van der Waals surface area contributed by atoms with E-state index in [2.05, 4.69) is 18.8 Å². The van der Waals surface area contributed by atoms with Gasteiger partial charge in [-0.3, -0.25) is 14.6 Å². The van der Waals surface area contributed by atoms with Gasteiger partial charge in [-0.1, -0.05) is 19.9 Å². The van der Waals surface area contributed by atoms with Gasteiger partial charge in [0.25, 0.3) is 11.7 Å². The van der Waals surface area contributed by atoms with Crippen molar-refractivity contribution < 1.29 is 42.8 Å². The number of aromatic nitrogens is 1. The summed E-state index contributed by atoms with van der Waals surface area (Å²) in [6.07, 6.45) is 8.51. The lowest BCUT2D eigenvalue weighted by Crippen LogP contribution is -2.51. The van der Waals surface area contributed by atoms with Crippen molar-refractivity contribution in [2.24, 2.45) is 5.92 Å².